The Morgan fingerprint density at radius 3 is 2.14 bits per heavy atom. The second-order valence-electron chi connectivity index (χ2n) is 5.59. The van der Waals surface area contributed by atoms with Gasteiger partial charge in [-0.1, -0.05) is 6.07 Å². The predicted octanol–water partition coefficient (Wildman–Crippen LogP) is 4.53. The molecule has 3 nitrogen and oxygen atoms in total. The minimum absolute atomic E-state index is 0.0496. The summed E-state index contributed by atoms with van der Waals surface area (Å²) < 4.78 is 29.6. The molecule has 0 fully saturated rings. The molecule has 0 aliphatic heterocycles. The summed E-state index contributed by atoms with van der Waals surface area (Å²) in [5.41, 5.74) is 2.67. The van der Waals surface area contributed by atoms with Gasteiger partial charge in [0, 0.05) is 11.6 Å². The monoisotopic (exact) mass is 293 g/mol. The largest absolute Gasteiger partial charge is 0.375 e. The lowest BCUT2D eigenvalue weighted by atomic mass is 10.1. The molecule has 0 saturated carbocycles. The summed E-state index contributed by atoms with van der Waals surface area (Å²) in [4.78, 5) is 0. The first-order valence-electron chi connectivity index (χ1n) is 7.09. The predicted molar refractivity (Wildman–Crippen MR) is 80.5 cm³/mol. The third-order valence-corrected chi connectivity index (χ3v) is 3.61. The highest BCUT2D eigenvalue weighted by molar-refractivity contribution is 5.53. The van der Waals surface area contributed by atoms with E-state index in [1.807, 2.05) is 32.4 Å². The Bertz CT molecular complexity index is 627. The van der Waals surface area contributed by atoms with Crippen molar-refractivity contribution in [2.24, 2.45) is 0 Å². The summed E-state index contributed by atoms with van der Waals surface area (Å²) >= 11 is 0. The summed E-state index contributed by atoms with van der Waals surface area (Å²) in [5, 5.41) is 7.66. The highest BCUT2D eigenvalue weighted by Gasteiger charge is 2.20. The molecule has 21 heavy (non-hydrogen) atoms. The standard InChI is InChI=1S/C16H21F2N3/c1-9(2)21-12(5)16(11(4)20-21)19-10(3)15-13(17)7-6-8-14(15)18/h6-10,19H,1-5H3. The van der Waals surface area contributed by atoms with E-state index in [0.29, 0.717) is 0 Å². The molecule has 1 N–H and O–H groups in total. The van der Waals surface area contributed by atoms with E-state index in [0.717, 1.165) is 17.1 Å². The Labute approximate surface area is 124 Å². The van der Waals surface area contributed by atoms with Gasteiger partial charge >= 0.3 is 0 Å². The van der Waals surface area contributed by atoms with E-state index < -0.39 is 17.7 Å². The summed E-state index contributed by atoms with van der Waals surface area (Å²) in [6, 6.07) is 3.67. The lowest BCUT2D eigenvalue weighted by molar-refractivity contribution is 0.516. The van der Waals surface area contributed by atoms with Crippen molar-refractivity contribution in [3.8, 4) is 0 Å². The van der Waals surface area contributed by atoms with Crippen LogP contribution in [0.2, 0.25) is 0 Å². The summed E-state index contributed by atoms with van der Waals surface area (Å²) in [7, 11) is 0. The number of hydrogen-bond acceptors (Lipinski definition) is 2. The Hall–Kier alpha value is -1.91. The molecule has 2 aromatic rings. The number of benzene rings is 1. The molecular weight excluding hydrogens is 272 g/mol. The quantitative estimate of drug-likeness (QED) is 0.897. The van der Waals surface area contributed by atoms with Crippen LogP contribution in [-0.4, -0.2) is 9.78 Å². The molecule has 114 valence electrons. The van der Waals surface area contributed by atoms with Gasteiger partial charge in [-0.25, -0.2) is 8.78 Å². The molecule has 1 atom stereocenters. The lowest BCUT2D eigenvalue weighted by Gasteiger charge is -2.18. The van der Waals surface area contributed by atoms with Crippen LogP contribution < -0.4 is 5.32 Å². The third-order valence-electron chi connectivity index (χ3n) is 3.61. The molecular formula is C16H21F2N3. The van der Waals surface area contributed by atoms with Gasteiger partial charge in [0.1, 0.15) is 11.6 Å². The van der Waals surface area contributed by atoms with Gasteiger partial charge in [-0.3, -0.25) is 4.68 Å². The molecule has 0 spiro atoms. The molecule has 1 heterocycles. The minimum atomic E-state index is -0.540. The van der Waals surface area contributed by atoms with Gasteiger partial charge < -0.3 is 5.32 Å². The zero-order valence-electron chi connectivity index (χ0n) is 13.0. The zero-order chi connectivity index (χ0) is 15.7. The van der Waals surface area contributed by atoms with Crippen LogP contribution in [0.25, 0.3) is 0 Å². The SMILES string of the molecule is Cc1nn(C(C)C)c(C)c1NC(C)c1c(F)cccc1F. The molecule has 1 aromatic heterocycles. The fraction of sp³-hybridized carbons (Fsp3) is 0.438. The number of hydrogen-bond donors (Lipinski definition) is 1. The topological polar surface area (TPSA) is 29.9 Å². The fourth-order valence-corrected chi connectivity index (χ4v) is 2.59. The van der Waals surface area contributed by atoms with Gasteiger partial charge in [0.15, 0.2) is 0 Å². The summed E-state index contributed by atoms with van der Waals surface area (Å²) in [5.74, 6) is -1.08. The van der Waals surface area contributed by atoms with E-state index in [9.17, 15) is 8.78 Å². The Morgan fingerprint density at radius 2 is 1.67 bits per heavy atom. The molecule has 2 rings (SSSR count). The molecule has 0 aliphatic carbocycles. The first-order valence-corrected chi connectivity index (χ1v) is 7.09. The highest BCUT2D eigenvalue weighted by Crippen LogP contribution is 2.29. The maximum Gasteiger partial charge on any atom is 0.131 e. The second kappa shape index (κ2) is 5.84. The van der Waals surface area contributed by atoms with Crippen molar-refractivity contribution in [3.63, 3.8) is 0 Å². The van der Waals surface area contributed by atoms with Crippen LogP contribution in [0.3, 0.4) is 0 Å². The van der Waals surface area contributed by atoms with Crippen molar-refractivity contribution >= 4 is 5.69 Å². The van der Waals surface area contributed by atoms with Gasteiger partial charge in [-0.15, -0.1) is 0 Å². The van der Waals surface area contributed by atoms with Crippen molar-refractivity contribution in [1.82, 2.24) is 9.78 Å². The van der Waals surface area contributed by atoms with E-state index in [-0.39, 0.29) is 11.6 Å². The average Bonchev–Trinajstić information content (AvgIpc) is 2.66. The van der Waals surface area contributed by atoms with Crippen LogP contribution in [0.15, 0.2) is 18.2 Å². The average molecular weight is 293 g/mol. The van der Waals surface area contributed by atoms with Gasteiger partial charge in [0.05, 0.1) is 23.1 Å². The van der Waals surface area contributed by atoms with Gasteiger partial charge in [-0.2, -0.15) is 5.10 Å². The van der Waals surface area contributed by atoms with E-state index in [1.165, 1.54) is 18.2 Å². The van der Waals surface area contributed by atoms with Crippen molar-refractivity contribution < 1.29 is 8.78 Å². The normalized spacial score (nSPS) is 12.8. The minimum Gasteiger partial charge on any atom is -0.375 e. The zero-order valence-corrected chi connectivity index (χ0v) is 13.0. The van der Waals surface area contributed by atoms with Gasteiger partial charge in [-0.05, 0) is 46.8 Å². The number of nitrogens with one attached hydrogen (secondary N) is 1. The Balaban J connectivity index is 2.34. The van der Waals surface area contributed by atoms with E-state index in [1.54, 1.807) is 6.92 Å². The van der Waals surface area contributed by atoms with E-state index in [4.69, 9.17) is 0 Å². The Kier molecular flexibility index (Phi) is 4.30. The van der Waals surface area contributed by atoms with Gasteiger partial charge in [0.25, 0.3) is 0 Å². The molecule has 5 heteroatoms. The van der Waals surface area contributed by atoms with Crippen molar-refractivity contribution in [3.05, 3.63) is 46.8 Å². The summed E-state index contributed by atoms with van der Waals surface area (Å²) in [6.07, 6.45) is 0. The highest BCUT2D eigenvalue weighted by atomic mass is 19.1. The van der Waals surface area contributed by atoms with Crippen molar-refractivity contribution in [2.75, 3.05) is 5.32 Å². The third kappa shape index (κ3) is 2.91. The molecule has 1 unspecified atom stereocenters. The van der Waals surface area contributed by atoms with Crippen LogP contribution in [-0.2, 0) is 0 Å². The Morgan fingerprint density at radius 1 is 1.10 bits per heavy atom. The number of anilines is 1. The fourth-order valence-electron chi connectivity index (χ4n) is 2.59. The first-order chi connectivity index (χ1) is 9.82. The number of nitrogens with zero attached hydrogens (tertiary/aromatic N) is 2. The van der Waals surface area contributed by atoms with Crippen LogP contribution in [0.1, 0.15) is 49.8 Å². The van der Waals surface area contributed by atoms with Crippen LogP contribution in [0, 0.1) is 25.5 Å². The number of aromatic nitrogens is 2. The number of rotatable bonds is 4. The molecule has 1 aromatic carbocycles. The van der Waals surface area contributed by atoms with E-state index >= 15 is 0 Å². The molecule has 0 bridgehead atoms. The van der Waals surface area contributed by atoms with Crippen LogP contribution >= 0.6 is 0 Å². The maximum absolute atomic E-state index is 13.8. The lowest BCUT2D eigenvalue weighted by Crippen LogP contribution is -2.12. The number of halogens is 2. The van der Waals surface area contributed by atoms with Crippen molar-refractivity contribution in [1.29, 1.82) is 0 Å². The smallest absolute Gasteiger partial charge is 0.131 e. The maximum atomic E-state index is 13.8. The van der Waals surface area contributed by atoms with E-state index in [2.05, 4.69) is 10.4 Å². The molecule has 0 saturated heterocycles. The number of aryl methyl sites for hydroxylation is 1. The molecule has 0 radical (unpaired) electrons. The van der Waals surface area contributed by atoms with Crippen LogP contribution in [0.5, 0.6) is 0 Å². The second-order valence-corrected chi connectivity index (χ2v) is 5.59. The van der Waals surface area contributed by atoms with Gasteiger partial charge in [0.2, 0.25) is 0 Å². The molecule has 0 amide bonds. The summed E-state index contributed by atoms with van der Waals surface area (Å²) in [6.45, 7) is 9.67. The van der Waals surface area contributed by atoms with Crippen molar-refractivity contribution in [2.45, 2.75) is 46.7 Å². The first kappa shape index (κ1) is 15.5. The molecule has 0 aliphatic rings. The van der Waals surface area contributed by atoms with Crippen LogP contribution in [0.4, 0.5) is 14.5 Å².